The number of hydrogen-bond donors (Lipinski definition) is 1. The Bertz CT molecular complexity index is 272. The summed E-state index contributed by atoms with van der Waals surface area (Å²) in [5.41, 5.74) is 5.75. The fourth-order valence-electron chi connectivity index (χ4n) is 2.32. The van der Waals surface area contributed by atoms with E-state index < -0.39 is 0 Å². The lowest BCUT2D eigenvalue weighted by molar-refractivity contribution is 0.398. The number of hydrogen-bond acceptors (Lipinski definition) is 2. The van der Waals surface area contributed by atoms with E-state index in [2.05, 4.69) is 9.55 Å². The highest BCUT2D eigenvalue weighted by Crippen LogP contribution is 2.24. The van der Waals surface area contributed by atoms with Crippen LogP contribution in [0.5, 0.6) is 0 Å². The first-order chi connectivity index (χ1) is 6.86. The molecule has 0 amide bonds. The Labute approximate surface area is 85.3 Å². The fraction of sp³-hybridized carbons (Fsp3) is 0.727. The second kappa shape index (κ2) is 4.49. The number of nitrogens with zero attached hydrogens (tertiary/aromatic N) is 2. The molecule has 3 nitrogen and oxygen atoms in total. The van der Waals surface area contributed by atoms with Crippen LogP contribution in [-0.2, 0) is 6.54 Å². The van der Waals surface area contributed by atoms with Crippen molar-refractivity contribution in [2.75, 3.05) is 5.73 Å². The first-order valence-corrected chi connectivity index (χ1v) is 5.63. The van der Waals surface area contributed by atoms with Crippen LogP contribution in [0, 0.1) is 5.92 Å². The lowest BCUT2D eigenvalue weighted by Gasteiger charge is -2.15. The van der Waals surface area contributed by atoms with Gasteiger partial charge in [-0.25, -0.2) is 4.98 Å². The summed E-state index contributed by atoms with van der Waals surface area (Å²) in [7, 11) is 0. The highest BCUT2D eigenvalue weighted by Gasteiger charge is 2.13. The smallest absolute Gasteiger partial charge is 0.200 e. The monoisotopic (exact) mass is 193 g/mol. The second-order valence-corrected chi connectivity index (χ2v) is 4.30. The molecule has 1 fully saturated rings. The Morgan fingerprint density at radius 1 is 1.29 bits per heavy atom. The number of nitrogens with two attached hydrogens (primary N) is 1. The summed E-state index contributed by atoms with van der Waals surface area (Å²) in [6.07, 6.45) is 12.1. The number of imidazole rings is 1. The molecule has 14 heavy (non-hydrogen) atoms. The maximum atomic E-state index is 5.75. The van der Waals surface area contributed by atoms with Gasteiger partial charge in [-0.1, -0.05) is 25.7 Å². The van der Waals surface area contributed by atoms with Crippen molar-refractivity contribution >= 4 is 5.95 Å². The third-order valence-corrected chi connectivity index (χ3v) is 3.18. The van der Waals surface area contributed by atoms with E-state index in [-0.39, 0.29) is 0 Å². The van der Waals surface area contributed by atoms with Crippen LogP contribution in [0.2, 0.25) is 0 Å². The van der Waals surface area contributed by atoms with Gasteiger partial charge in [0.05, 0.1) is 0 Å². The van der Waals surface area contributed by atoms with Crippen molar-refractivity contribution in [3.05, 3.63) is 12.4 Å². The van der Waals surface area contributed by atoms with E-state index in [4.69, 9.17) is 5.73 Å². The quantitative estimate of drug-likeness (QED) is 0.733. The largest absolute Gasteiger partial charge is 0.369 e. The molecule has 1 heterocycles. The average Bonchev–Trinajstić information content (AvgIpc) is 2.44. The second-order valence-electron chi connectivity index (χ2n) is 4.30. The van der Waals surface area contributed by atoms with Crippen molar-refractivity contribution in [2.45, 2.75) is 45.1 Å². The Hall–Kier alpha value is -0.990. The molecule has 0 aromatic carbocycles. The summed E-state index contributed by atoms with van der Waals surface area (Å²) in [6, 6.07) is 0. The third-order valence-electron chi connectivity index (χ3n) is 3.18. The van der Waals surface area contributed by atoms with Gasteiger partial charge in [0.25, 0.3) is 0 Å². The van der Waals surface area contributed by atoms with Crippen molar-refractivity contribution < 1.29 is 0 Å². The fourth-order valence-corrected chi connectivity index (χ4v) is 2.32. The minimum atomic E-state index is 0.661. The highest BCUT2D eigenvalue weighted by atomic mass is 15.1. The zero-order valence-electron chi connectivity index (χ0n) is 8.65. The summed E-state index contributed by atoms with van der Waals surface area (Å²) in [4.78, 5) is 4.05. The lowest BCUT2D eigenvalue weighted by atomic mass is 10.0. The average molecular weight is 193 g/mol. The van der Waals surface area contributed by atoms with Crippen LogP contribution in [-0.4, -0.2) is 9.55 Å². The molecular weight excluding hydrogens is 174 g/mol. The Kier molecular flexibility index (Phi) is 3.07. The van der Waals surface area contributed by atoms with E-state index in [1.165, 1.54) is 38.5 Å². The first-order valence-electron chi connectivity index (χ1n) is 5.63. The molecule has 0 radical (unpaired) electrons. The molecule has 1 aromatic heterocycles. The van der Waals surface area contributed by atoms with E-state index >= 15 is 0 Å². The summed E-state index contributed by atoms with van der Waals surface area (Å²) in [5, 5.41) is 0. The summed E-state index contributed by atoms with van der Waals surface area (Å²) < 4.78 is 2.08. The van der Waals surface area contributed by atoms with Crippen LogP contribution in [0.4, 0.5) is 5.95 Å². The molecular formula is C11H19N3. The molecule has 78 valence electrons. The van der Waals surface area contributed by atoms with Gasteiger partial charge in [0.15, 0.2) is 5.95 Å². The van der Waals surface area contributed by atoms with Gasteiger partial charge in [-0.2, -0.15) is 0 Å². The van der Waals surface area contributed by atoms with Crippen LogP contribution in [0.1, 0.15) is 38.5 Å². The Morgan fingerprint density at radius 2 is 2.00 bits per heavy atom. The van der Waals surface area contributed by atoms with E-state index in [0.717, 1.165) is 12.5 Å². The number of rotatable bonds is 2. The highest BCUT2D eigenvalue weighted by molar-refractivity contribution is 5.16. The van der Waals surface area contributed by atoms with E-state index in [9.17, 15) is 0 Å². The standard InChI is InChI=1S/C11H19N3/c12-11-13-7-8-14(11)9-10-5-3-1-2-4-6-10/h7-8,10H,1-6,9H2,(H2,12,13). The van der Waals surface area contributed by atoms with Gasteiger partial charge in [-0.05, 0) is 18.8 Å². The molecule has 0 atom stereocenters. The van der Waals surface area contributed by atoms with Crippen LogP contribution in [0.3, 0.4) is 0 Å². The van der Waals surface area contributed by atoms with Gasteiger partial charge in [0, 0.05) is 18.9 Å². The zero-order valence-corrected chi connectivity index (χ0v) is 8.65. The maximum absolute atomic E-state index is 5.75. The molecule has 3 heteroatoms. The normalized spacial score (nSPS) is 19.4. The molecule has 1 saturated carbocycles. The zero-order chi connectivity index (χ0) is 9.80. The molecule has 2 N–H and O–H groups in total. The molecule has 0 unspecified atom stereocenters. The van der Waals surface area contributed by atoms with Crippen molar-refractivity contribution in [3.63, 3.8) is 0 Å². The van der Waals surface area contributed by atoms with E-state index in [0.29, 0.717) is 5.95 Å². The number of aromatic nitrogens is 2. The molecule has 1 aromatic rings. The van der Waals surface area contributed by atoms with Gasteiger partial charge in [0.1, 0.15) is 0 Å². The third kappa shape index (κ3) is 2.28. The molecule has 0 spiro atoms. The summed E-state index contributed by atoms with van der Waals surface area (Å²) >= 11 is 0. The molecule has 1 aliphatic carbocycles. The van der Waals surface area contributed by atoms with E-state index in [1.807, 2.05) is 6.20 Å². The van der Waals surface area contributed by atoms with Crippen molar-refractivity contribution in [1.82, 2.24) is 9.55 Å². The minimum Gasteiger partial charge on any atom is -0.369 e. The first kappa shape index (κ1) is 9.56. The Morgan fingerprint density at radius 3 is 2.57 bits per heavy atom. The van der Waals surface area contributed by atoms with Gasteiger partial charge in [-0.3, -0.25) is 0 Å². The summed E-state index contributed by atoms with van der Waals surface area (Å²) in [6.45, 7) is 1.06. The maximum Gasteiger partial charge on any atom is 0.200 e. The van der Waals surface area contributed by atoms with Gasteiger partial charge >= 0.3 is 0 Å². The molecule has 0 saturated heterocycles. The predicted octanol–water partition coefficient (Wildman–Crippen LogP) is 2.44. The van der Waals surface area contributed by atoms with Crippen LogP contribution >= 0.6 is 0 Å². The van der Waals surface area contributed by atoms with Gasteiger partial charge in [0.2, 0.25) is 0 Å². The van der Waals surface area contributed by atoms with E-state index in [1.54, 1.807) is 6.20 Å². The molecule has 1 aliphatic rings. The van der Waals surface area contributed by atoms with Crippen LogP contribution < -0.4 is 5.73 Å². The van der Waals surface area contributed by atoms with Gasteiger partial charge in [-0.15, -0.1) is 0 Å². The Balaban J connectivity index is 1.92. The molecule has 0 aliphatic heterocycles. The predicted molar refractivity (Wildman–Crippen MR) is 57.8 cm³/mol. The summed E-state index contributed by atoms with van der Waals surface area (Å²) in [5.74, 6) is 1.48. The van der Waals surface area contributed by atoms with Crippen molar-refractivity contribution in [1.29, 1.82) is 0 Å². The van der Waals surface area contributed by atoms with Crippen molar-refractivity contribution in [2.24, 2.45) is 5.92 Å². The number of nitrogen functional groups attached to an aromatic ring is 1. The molecule has 0 bridgehead atoms. The lowest BCUT2D eigenvalue weighted by Crippen LogP contribution is -2.11. The van der Waals surface area contributed by atoms with Crippen LogP contribution in [0.15, 0.2) is 12.4 Å². The molecule has 2 rings (SSSR count). The minimum absolute atomic E-state index is 0.661. The SMILES string of the molecule is Nc1nccn1CC1CCCCCC1. The topological polar surface area (TPSA) is 43.8 Å². The van der Waals surface area contributed by atoms with Crippen molar-refractivity contribution in [3.8, 4) is 0 Å². The number of anilines is 1. The van der Waals surface area contributed by atoms with Crippen LogP contribution in [0.25, 0.3) is 0 Å². The van der Waals surface area contributed by atoms with Gasteiger partial charge < -0.3 is 10.3 Å².